The smallest absolute Gasteiger partial charge is 0.281 e. The summed E-state index contributed by atoms with van der Waals surface area (Å²) in [6.45, 7) is 5.97. The van der Waals surface area contributed by atoms with Crippen molar-refractivity contribution in [1.29, 1.82) is 0 Å². The summed E-state index contributed by atoms with van der Waals surface area (Å²) in [6.07, 6.45) is 0.0985. The number of aromatic nitrogens is 1. The molecule has 0 saturated carbocycles. The van der Waals surface area contributed by atoms with Crippen molar-refractivity contribution in [2.75, 3.05) is 36.5 Å². The number of amides is 3. The standard InChI is InChI=1S/C19H23N5O4S/c1-12-17(29-19(20-12)24-7-9-28-10-8-24)18(27)23-22-16(26)11-14-3-5-15(6-4-14)21-13(2)25/h3-6H,7-11H2,1-2H3,(H,21,25)(H,22,26)(H,23,27). The number of carbonyl (C=O) groups is 3. The van der Waals surface area contributed by atoms with E-state index in [4.69, 9.17) is 4.74 Å². The molecule has 1 saturated heterocycles. The fourth-order valence-corrected chi connectivity index (χ4v) is 3.82. The number of rotatable bonds is 5. The van der Waals surface area contributed by atoms with Gasteiger partial charge in [-0.15, -0.1) is 0 Å². The Labute approximate surface area is 172 Å². The van der Waals surface area contributed by atoms with Crippen molar-refractivity contribution in [3.8, 4) is 0 Å². The Bertz CT molecular complexity index is 891. The highest BCUT2D eigenvalue weighted by atomic mass is 32.1. The quantitative estimate of drug-likeness (QED) is 0.631. The third kappa shape index (κ3) is 5.75. The monoisotopic (exact) mass is 417 g/mol. The van der Waals surface area contributed by atoms with Gasteiger partial charge in [-0.05, 0) is 24.6 Å². The predicted octanol–water partition coefficient (Wildman–Crippen LogP) is 1.25. The van der Waals surface area contributed by atoms with Crippen LogP contribution in [0.1, 0.15) is 27.9 Å². The summed E-state index contributed by atoms with van der Waals surface area (Å²) in [4.78, 5) is 42.6. The van der Waals surface area contributed by atoms with Crippen LogP contribution in [-0.4, -0.2) is 49.0 Å². The number of hydrogen-bond acceptors (Lipinski definition) is 7. The van der Waals surface area contributed by atoms with E-state index in [0.29, 0.717) is 29.5 Å². The minimum Gasteiger partial charge on any atom is -0.378 e. The number of hydrogen-bond donors (Lipinski definition) is 3. The van der Waals surface area contributed by atoms with Crippen molar-refractivity contribution in [3.05, 3.63) is 40.4 Å². The van der Waals surface area contributed by atoms with Crippen molar-refractivity contribution < 1.29 is 19.1 Å². The first kappa shape index (κ1) is 20.7. The molecule has 1 aliphatic rings. The highest BCUT2D eigenvalue weighted by molar-refractivity contribution is 7.17. The third-order valence-corrected chi connectivity index (χ3v) is 5.44. The second kappa shape index (κ2) is 9.48. The fraction of sp³-hybridized carbons (Fsp3) is 0.368. The number of thiazole rings is 1. The van der Waals surface area contributed by atoms with Crippen molar-refractivity contribution >= 4 is 39.9 Å². The van der Waals surface area contributed by atoms with E-state index in [2.05, 4.69) is 26.1 Å². The topological polar surface area (TPSA) is 113 Å². The van der Waals surface area contributed by atoms with Gasteiger partial charge in [-0.2, -0.15) is 0 Å². The molecule has 2 aromatic rings. The predicted molar refractivity (Wildman–Crippen MR) is 110 cm³/mol. The molecule has 0 atom stereocenters. The summed E-state index contributed by atoms with van der Waals surface area (Å²) >= 11 is 1.30. The summed E-state index contributed by atoms with van der Waals surface area (Å²) in [7, 11) is 0. The average molecular weight is 417 g/mol. The molecule has 2 heterocycles. The number of nitrogens with zero attached hydrogens (tertiary/aromatic N) is 2. The van der Waals surface area contributed by atoms with Gasteiger partial charge in [0.25, 0.3) is 5.91 Å². The van der Waals surface area contributed by atoms with Crippen LogP contribution in [0, 0.1) is 6.92 Å². The molecule has 3 amide bonds. The van der Waals surface area contributed by atoms with E-state index < -0.39 is 5.91 Å². The zero-order valence-electron chi connectivity index (χ0n) is 16.3. The molecular formula is C19H23N5O4S. The normalized spacial score (nSPS) is 13.7. The summed E-state index contributed by atoms with van der Waals surface area (Å²) in [5, 5.41) is 3.44. The minimum absolute atomic E-state index is 0.0985. The van der Waals surface area contributed by atoms with Crippen LogP contribution in [0.5, 0.6) is 0 Å². The van der Waals surface area contributed by atoms with Gasteiger partial charge in [0.15, 0.2) is 5.13 Å². The van der Waals surface area contributed by atoms with E-state index >= 15 is 0 Å². The maximum Gasteiger partial charge on any atom is 0.281 e. The van der Waals surface area contributed by atoms with Gasteiger partial charge in [0.2, 0.25) is 11.8 Å². The SMILES string of the molecule is CC(=O)Nc1ccc(CC(=O)NNC(=O)c2sc(N3CCOCC3)nc2C)cc1. The number of morpholine rings is 1. The van der Waals surface area contributed by atoms with Crippen molar-refractivity contribution in [3.63, 3.8) is 0 Å². The van der Waals surface area contributed by atoms with Crippen LogP contribution in [0.3, 0.4) is 0 Å². The number of hydrazine groups is 1. The lowest BCUT2D eigenvalue weighted by molar-refractivity contribution is -0.121. The molecule has 0 bridgehead atoms. The van der Waals surface area contributed by atoms with Crippen LogP contribution in [-0.2, 0) is 20.7 Å². The average Bonchev–Trinajstić information content (AvgIpc) is 3.10. The Hall–Kier alpha value is -2.98. The zero-order valence-corrected chi connectivity index (χ0v) is 17.1. The zero-order chi connectivity index (χ0) is 20.8. The molecule has 1 aromatic carbocycles. The largest absolute Gasteiger partial charge is 0.378 e. The Balaban J connectivity index is 1.51. The molecule has 1 aliphatic heterocycles. The van der Waals surface area contributed by atoms with Crippen molar-refractivity contribution in [2.45, 2.75) is 20.3 Å². The first-order chi connectivity index (χ1) is 13.9. The number of anilines is 2. The van der Waals surface area contributed by atoms with Crippen LogP contribution >= 0.6 is 11.3 Å². The Kier molecular flexibility index (Phi) is 6.78. The van der Waals surface area contributed by atoms with E-state index in [0.717, 1.165) is 23.8 Å². The van der Waals surface area contributed by atoms with Gasteiger partial charge >= 0.3 is 0 Å². The van der Waals surface area contributed by atoms with Gasteiger partial charge in [-0.3, -0.25) is 25.2 Å². The molecule has 1 aromatic heterocycles. The molecule has 154 valence electrons. The van der Waals surface area contributed by atoms with E-state index in [-0.39, 0.29) is 18.2 Å². The molecule has 3 rings (SSSR count). The fourth-order valence-electron chi connectivity index (χ4n) is 2.80. The second-order valence-corrected chi connectivity index (χ2v) is 7.55. The highest BCUT2D eigenvalue weighted by Gasteiger charge is 2.20. The van der Waals surface area contributed by atoms with Crippen LogP contribution in [0.25, 0.3) is 0 Å². The summed E-state index contributed by atoms with van der Waals surface area (Å²) in [5.74, 6) is -0.900. The lowest BCUT2D eigenvalue weighted by Gasteiger charge is -2.25. The molecule has 29 heavy (non-hydrogen) atoms. The van der Waals surface area contributed by atoms with Crippen molar-refractivity contribution in [2.24, 2.45) is 0 Å². The Morgan fingerprint density at radius 1 is 1.14 bits per heavy atom. The molecule has 9 nitrogen and oxygen atoms in total. The lowest BCUT2D eigenvalue weighted by atomic mass is 10.1. The maximum absolute atomic E-state index is 12.4. The highest BCUT2D eigenvalue weighted by Crippen LogP contribution is 2.26. The van der Waals surface area contributed by atoms with Gasteiger partial charge in [-0.1, -0.05) is 23.5 Å². The third-order valence-electron chi connectivity index (χ3n) is 4.23. The van der Waals surface area contributed by atoms with E-state index in [1.165, 1.54) is 18.3 Å². The Morgan fingerprint density at radius 2 is 1.83 bits per heavy atom. The van der Waals surface area contributed by atoms with Gasteiger partial charge < -0.3 is 15.0 Å². The first-order valence-corrected chi connectivity index (χ1v) is 10.00. The molecule has 0 aliphatic carbocycles. The number of aryl methyl sites for hydroxylation is 1. The molecule has 0 radical (unpaired) electrons. The van der Waals surface area contributed by atoms with E-state index in [1.807, 2.05) is 0 Å². The molecule has 0 spiro atoms. The molecular weight excluding hydrogens is 394 g/mol. The number of benzene rings is 1. The number of nitrogens with one attached hydrogen (secondary N) is 3. The Morgan fingerprint density at radius 3 is 2.48 bits per heavy atom. The minimum atomic E-state index is -0.395. The second-order valence-electron chi connectivity index (χ2n) is 6.57. The molecule has 10 heteroatoms. The van der Waals surface area contributed by atoms with Crippen LogP contribution in [0.4, 0.5) is 10.8 Å². The lowest BCUT2D eigenvalue weighted by Crippen LogP contribution is -2.42. The van der Waals surface area contributed by atoms with E-state index in [1.54, 1.807) is 31.2 Å². The van der Waals surface area contributed by atoms with Gasteiger partial charge in [-0.25, -0.2) is 4.98 Å². The van der Waals surface area contributed by atoms with Crippen LogP contribution < -0.4 is 21.1 Å². The first-order valence-electron chi connectivity index (χ1n) is 9.18. The van der Waals surface area contributed by atoms with Gasteiger partial charge in [0, 0.05) is 25.7 Å². The van der Waals surface area contributed by atoms with E-state index in [9.17, 15) is 14.4 Å². The van der Waals surface area contributed by atoms with Gasteiger partial charge in [0.1, 0.15) is 4.88 Å². The molecule has 0 unspecified atom stereocenters. The number of carbonyl (C=O) groups excluding carboxylic acids is 3. The molecule has 1 fully saturated rings. The van der Waals surface area contributed by atoms with Gasteiger partial charge in [0.05, 0.1) is 25.3 Å². The summed E-state index contributed by atoms with van der Waals surface area (Å²) in [5.41, 5.74) is 6.91. The van der Waals surface area contributed by atoms with Crippen molar-refractivity contribution in [1.82, 2.24) is 15.8 Å². The summed E-state index contributed by atoms with van der Waals surface area (Å²) < 4.78 is 5.33. The summed E-state index contributed by atoms with van der Waals surface area (Å²) in [6, 6.07) is 6.93. The molecule has 3 N–H and O–H groups in total. The number of ether oxygens (including phenoxy) is 1. The maximum atomic E-state index is 12.4. The van der Waals surface area contributed by atoms with Crippen LogP contribution in [0.2, 0.25) is 0 Å². The van der Waals surface area contributed by atoms with Crippen LogP contribution in [0.15, 0.2) is 24.3 Å².